The van der Waals surface area contributed by atoms with Crippen LogP contribution in [0.25, 0.3) is 22.2 Å². The number of rotatable bonds is 6. The van der Waals surface area contributed by atoms with Gasteiger partial charge in [0.05, 0.1) is 39.9 Å². The van der Waals surface area contributed by atoms with Crippen LogP contribution < -0.4 is 0 Å². The molecule has 7 heteroatoms. The number of nitriles is 1. The summed E-state index contributed by atoms with van der Waals surface area (Å²) < 4.78 is 12.2. The van der Waals surface area contributed by atoms with Gasteiger partial charge in [-0.1, -0.05) is 40.5 Å². The van der Waals surface area contributed by atoms with Crippen molar-refractivity contribution >= 4 is 34.1 Å². The van der Waals surface area contributed by atoms with Gasteiger partial charge in [0.2, 0.25) is 0 Å². The normalized spacial score (nSPS) is 19.9. The lowest BCUT2D eigenvalue weighted by Gasteiger charge is -2.29. The maximum Gasteiger partial charge on any atom is 0.145 e. The number of pyridine rings is 1. The summed E-state index contributed by atoms with van der Waals surface area (Å²) >= 11 is 13.0. The van der Waals surface area contributed by atoms with Crippen LogP contribution in [0.2, 0.25) is 10.0 Å². The Morgan fingerprint density at radius 2 is 1.72 bits per heavy atom. The smallest absolute Gasteiger partial charge is 0.145 e. The van der Waals surface area contributed by atoms with Gasteiger partial charge >= 0.3 is 0 Å². The monoisotopic (exact) mass is 517 g/mol. The second kappa shape index (κ2) is 9.86. The first kappa shape index (κ1) is 23.5. The predicted molar refractivity (Wildman–Crippen MR) is 140 cm³/mol. The molecule has 6 rings (SSSR count). The zero-order chi connectivity index (χ0) is 24.6. The summed E-state index contributed by atoms with van der Waals surface area (Å²) in [6.45, 7) is 0.439. The molecule has 2 heterocycles. The standard InChI is InChI=1S/C29H25Cl2N3O2/c30-24-2-1-3-25(31)27(24)28-23(29(36-34-28)18-4-5-18)16-35-21-9-6-17(7-10-21)19-8-11-26-22(14-19)20(15-32)12-13-33-26/h1-3,8,11-14,17-18,21H,4-7,9-10,16H2. The molecule has 2 aliphatic carbocycles. The predicted octanol–water partition coefficient (Wildman–Crippen LogP) is 8.19. The van der Waals surface area contributed by atoms with Crippen molar-refractivity contribution in [1.82, 2.24) is 10.1 Å². The Morgan fingerprint density at radius 1 is 0.972 bits per heavy atom. The molecular weight excluding hydrogens is 493 g/mol. The Bertz CT molecular complexity index is 1440. The minimum Gasteiger partial charge on any atom is -0.373 e. The van der Waals surface area contributed by atoms with Gasteiger partial charge in [-0.15, -0.1) is 0 Å². The average Bonchev–Trinajstić information content (AvgIpc) is 3.67. The SMILES string of the molecule is N#Cc1ccnc2ccc(C3CCC(OCc4c(-c5c(Cl)cccc5Cl)noc4C4CC4)CC3)cc12. The van der Waals surface area contributed by atoms with Gasteiger partial charge in [-0.25, -0.2) is 0 Å². The quantitative estimate of drug-likeness (QED) is 0.257. The van der Waals surface area contributed by atoms with Gasteiger partial charge in [0.1, 0.15) is 11.5 Å². The third kappa shape index (κ3) is 4.50. The van der Waals surface area contributed by atoms with Crippen molar-refractivity contribution in [3.8, 4) is 17.3 Å². The number of nitrogens with zero attached hydrogens (tertiary/aromatic N) is 3. The number of halogens is 2. The average molecular weight is 518 g/mol. The number of hydrogen-bond donors (Lipinski definition) is 0. The van der Waals surface area contributed by atoms with E-state index >= 15 is 0 Å². The highest BCUT2D eigenvalue weighted by atomic mass is 35.5. The van der Waals surface area contributed by atoms with Crippen LogP contribution in [0.3, 0.4) is 0 Å². The van der Waals surface area contributed by atoms with Crippen molar-refractivity contribution in [3.63, 3.8) is 0 Å². The second-order valence-electron chi connectivity index (χ2n) is 9.78. The molecule has 0 saturated heterocycles. The fourth-order valence-electron chi connectivity index (χ4n) is 5.33. The molecule has 2 fully saturated rings. The second-order valence-corrected chi connectivity index (χ2v) is 10.6. The molecule has 0 unspecified atom stereocenters. The van der Waals surface area contributed by atoms with Crippen LogP contribution in [0.15, 0.2) is 53.2 Å². The Morgan fingerprint density at radius 3 is 2.44 bits per heavy atom. The van der Waals surface area contributed by atoms with E-state index in [1.165, 1.54) is 5.56 Å². The van der Waals surface area contributed by atoms with Crippen LogP contribution in [-0.4, -0.2) is 16.2 Å². The molecular formula is C29H25Cl2N3O2. The summed E-state index contributed by atoms with van der Waals surface area (Å²) in [7, 11) is 0. The van der Waals surface area contributed by atoms with Crippen molar-refractivity contribution in [2.45, 2.75) is 63.1 Å². The molecule has 0 spiro atoms. The molecule has 2 saturated carbocycles. The topological polar surface area (TPSA) is 71.9 Å². The molecule has 5 nitrogen and oxygen atoms in total. The van der Waals surface area contributed by atoms with Crippen LogP contribution >= 0.6 is 23.2 Å². The van der Waals surface area contributed by atoms with Gasteiger partial charge < -0.3 is 9.26 Å². The van der Waals surface area contributed by atoms with Crippen LogP contribution in [0.4, 0.5) is 0 Å². The largest absolute Gasteiger partial charge is 0.373 e. The first-order chi connectivity index (χ1) is 17.6. The van der Waals surface area contributed by atoms with E-state index in [1.807, 2.05) is 24.3 Å². The highest BCUT2D eigenvalue weighted by Gasteiger charge is 2.34. The van der Waals surface area contributed by atoms with Crippen LogP contribution in [0, 0.1) is 11.3 Å². The molecule has 0 aliphatic heterocycles. The zero-order valence-corrected chi connectivity index (χ0v) is 21.2. The summed E-state index contributed by atoms with van der Waals surface area (Å²) in [5.74, 6) is 1.77. The Balaban J connectivity index is 1.16. The van der Waals surface area contributed by atoms with Gasteiger partial charge in [0, 0.05) is 28.6 Å². The van der Waals surface area contributed by atoms with E-state index in [2.05, 4.69) is 28.3 Å². The first-order valence-corrected chi connectivity index (χ1v) is 13.2. The van der Waals surface area contributed by atoms with Gasteiger partial charge in [-0.05, 0) is 80.3 Å². The summed E-state index contributed by atoms with van der Waals surface area (Å²) in [5.41, 5.74) is 5.19. The van der Waals surface area contributed by atoms with E-state index in [1.54, 1.807) is 12.3 Å². The molecule has 0 N–H and O–H groups in total. The number of benzene rings is 2. The van der Waals surface area contributed by atoms with Gasteiger partial charge in [0.25, 0.3) is 0 Å². The van der Waals surface area contributed by atoms with Gasteiger partial charge in [-0.3, -0.25) is 4.98 Å². The molecule has 0 radical (unpaired) electrons. The summed E-state index contributed by atoms with van der Waals surface area (Å²) in [6.07, 6.45) is 8.13. The molecule has 182 valence electrons. The minimum absolute atomic E-state index is 0.176. The lowest BCUT2D eigenvalue weighted by atomic mass is 9.82. The third-order valence-electron chi connectivity index (χ3n) is 7.46. The zero-order valence-electron chi connectivity index (χ0n) is 19.7. The van der Waals surface area contributed by atoms with E-state index in [0.717, 1.165) is 60.8 Å². The maximum absolute atomic E-state index is 9.47. The van der Waals surface area contributed by atoms with Crippen molar-refractivity contribution in [2.24, 2.45) is 0 Å². The molecule has 0 atom stereocenters. The van der Waals surface area contributed by atoms with E-state index < -0.39 is 0 Å². The van der Waals surface area contributed by atoms with Crippen molar-refractivity contribution in [1.29, 1.82) is 5.26 Å². The molecule has 4 aromatic rings. The lowest BCUT2D eigenvalue weighted by Crippen LogP contribution is -2.21. The fraction of sp³-hybridized carbons (Fsp3) is 0.345. The van der Waals surface area contributed by atoms with Crippen molar-refractivity contribution in [3.05, 3.63) is 81.2 Å². The number of hydrogen-bond acceptors (Lipinski definition) is 5. The highest BCUT2D eigenvalue weighted by Crippen LogP contribution is 2.46. The maximum atomic E-state index is 9.47. The van der Waals surface area contributed by atoms with Crippen LogP contribution in [0.1, 0.15) is 72.8 Å². The van der Waals surface area contributed by atoms with Crippen molar-refractivity contribution in [2.75, 3.05) is 0 Å². The summed E-state index contributed by atoms with van der Waals surface area (Å²) in [5, 5.41) is 15.9. The minimum atomic E-state index is 0.176. The number of aromatic nitrogens is 2. The Hall–Kier alpha value is -2.91. The van der Waals surface area contributed by atoms with Crippen LogP contribution in [-0.2, 0) is 11.3 Å². The number of fused-ring (bicyclic) bond motifs is 1. The molecule has 2 aliphatic rings. The molecule has 2 aromatic carbocycles. The Labute approximate surface area is 220 Å². The lowest BCUT2D eigenvalue weighted by molar-refractivity contribution is 0.0129. The number of ether oxygens (including phenoxy) is 1. The van der Waals surface area contributed by atoms with E-state index in [0.29, 0.717) is 45.3 Å². The van der Waals surface area contributed by atoms with Crippen molar-refractivity contribution < 1.29 is 9.26 Å². The van der Waals surface area contributed by atoms with E-state index in [9.17, 15) is 5.26 Å². The van der Waals surface area contributed by atoms with Gasteiger partial charge in [-0.2, -0.15) is 5.26 Å². The fourth-order valence-corrected chi connectivity index (χ4v) is 5.90. The summed E-state index contributed by atoms with van der Waals surface area (Å²) in [4.78, 5) is 4.40. The Kier molecular flexibility index (Phi) is 6.43. The molecule has 36 heavy (non-hydrogen) atoms. The van der Waals surface area contributed by atoms with E-state index in [4.69, 9.17) is 32.5 Å². The van der Waals surface area contributed by atoms with E-state index in [-0.39, 0.29) is 6.10 Å². The molecule has 0 bridgehead atoms. The highest BCUT2D eigenvalue weighted by molar-refractivity contribution is 6.39. The van der Waals surface area contributed by atoms with Gasteiger partial charge in [0.15, 0.2) is 0 Å². The molecule has 0 amide bonds. The molecule has 2 aromatic heterocycles. The third-order valence-corrected chi connectivity index (χ3v) is 8.09. The first-order valence-electron chi connectivity index (χ1n) is 12.5. The summed E-state index contributed by atoms with van der Waals surface area (Å²) in [6, 6.07) is 15.9. The van der Waals surface area contributed by atoms with Crippen LogP contribution in [0.5, 0.6) is 0 Å².